The van der Waals surface area contributed by atoms with Gasteiger partial charge in [0, 0.05) is 5.56 Å². The summed E-state index contributed by atoms with van der Waals surface area (Å²) in [6.07, 6.45) is 0. The fraction of sp³-hybridized carbons (Fsp3) is 0.538. The average Bonchev–Trinajstić information content (AvgIpc) is 2.27. The van der Waals surface area contributed by atoms with Crippen LogP contribution in [0.4, 0.5) is 0 Å². The Balaban J connectivity index is 2.29. The summed E-state index contributed by atoms with van der Waals surface area (Å²) < 4.78 is 30.0. The van der Waals surface area contributed by atoms with Crippen LogP contribution < -0.4 is 10.5 Å². The average molecular weight is 269 g/mol. The predicted octanol–water partition coefficient (Wildman–Crippen LogP) is 1.52. The normalized spacial score (nSPS) is 23.6. The van der Waals surface area contributed by atoms with Crippen LogP contribution in [-0.4, -0.2) is 26.0 Å². The number of ether oxygens (including phenoxy) is 1. The molecule has 0 aromatic heterocycles. The first kappa shape index (κ1) is 13.4. The monoisotopic (exact) mass is 269 g/mol. The maximum absolute atomic E-state index is 12.3. The van der Waals surface area contributed by atoms with Crippen molar-refractivity contribution in [2.75, 3.05) is 12.4 Å². The third kappa shape index (κ3) is 2.52. The highest BCUT2D eigenvalue weighted by Gasteiger charge is 2.37. The smallest absolute Gasteiger partial charge is 0.158 e. The fourth-order valence-corrected chi connectivity index (χ4v) is 4.32. The van der Waals surface area contributed by atoms with Gasteiger partial charge in [0.25, 0.3) is 0 Å². The Labute approximate surface area is 108 Å². The van der Waals surface area contributed by atoms with Gasteiger partial charge >= 0.3 is 0 Å². The number of fused-ring (bicyclic) bond motifs is 1. The van der Waals surface area contributed by atoms with E-state index in [1.165, 1.54) is 0 Å². The first-order chi connectivity index (χ1) is 8.42. The minimum absolute atomic E-state index is 0.0966. The number of sulfone groups is 1. The van der Waals surface area contributed by atoms with Gasteiger partial charge in [0.05, 0.1) is 11.8 Å². The van der Waals surface area contributed by atoms with Crippen molar-refractivity contribution in [1.82, 2.24) is 0 Å². The maximum atomic E-state index is 12.3. The lowest BCUT2D eigenvalue weighted by atomic mass is 10.0. The predicted molar refractivity (Wildman–Crippen MR) is 71.3 cm³/mol. The van der Waals surface area contributed by atoms with E-state index in [-0.39, 0.29) is 18.3 Å². The Hall–Kier alpha value is -1.07. The van der Waals surface area contributed by atoms with E-state index in [0.717, 1.165) is 5.56 Å². The van der Waals surface area contributed by atoms with Crippen LogP contribution in [0.3, 0.4) is 0 Å². The highest BCUT2D eigenvalue weighted by Crippen LogP contribution is 2.33. The van der Waals surface area contributed by atoms with Crippen molar-refractivity contribution in [3.8, 4) is 5.75 Å². The Bertz CT molecular complexity index is 525. The lowest BCUT2D eigenvalue weighted by Gasteiger charge is -2.31. The third-order valence-corrected chi connectivity index (χ3v) is 5.59. The zero-order chi connectivity index (χ0) is 13.3. The summed E-state index contributed by atoms with van der Waals surface area (Å²) in [7, 11) is -3.22. The molecule has 0 fully saturated rings. The molecule has 1 aliphatic heterocycles. The first-order valence-corrected chi connectivity index (χ1v) is 7.82. The molecule has 1 heterocycles. The van der Waals surface area contributed by atoms with Gasteiger partial charge in [0.2, 0.25) is 0 Å². The summed E-state index contributed by atoms with van der Waals surface area (Å²) in [6.45, 7) is 3.93. The topological polar surface area (TPSA) is 69.4 Å². The van der Waals surface area contributed by atoms with Crippen LogP contribution in [0.15, 0.2) is 24.3 Å². The van der Waals surface area contributed by atoms with E-state index in [9.17, 15) is 8.42 Å². The first-order valence-electron chi connectivity index (χ1n) is 6.10. The van der Waals surface area contributed by atoms with Crippen LogP contribution in [0.2, 0.25) is 0 Å². The van der Waals surface area contributed by atoms with Gasteiger partial charge in [-0.05, 0) is 12.0 Å². The van der Waals surface area contributed by atoms with Crippen LogP contribution >= 0.6 is 0 Å². The number of hydrogen-bond acceptors (Lipinski definition) is 4. The molecule has 100 valence electrons. The highest BCUT2D eigenvalue weighted by atomic mass is 32.2. The quantitative estimate of drug-likeness (QED) is 0.903. The molecule has 2 atom stereocenters. The second-order valence-corrected chi connectivity index (χ2v) is 7.40. The molecule has 0 amide bonds. The molecule has 5 heteroatoms. The molecule has 0 saturated heterocycles. The third-order valence-electron chi connectivity index (χ3n) is 3.11. The van der Waals surface area contributed by atoms with Crippen molar-refractivity contribution in [3.05, 3.63) is 29.8 Å². The lowest BCUT2D eigenvalue weighted by molar-refractivity contribution is 0.270. The minimum Gasteiger partial charge on any atom is -0.492 e. The van der Waals surface area contributed by atoms with Gasteiger partial charge in [-0.3, -0.25) is 0 Å². The molecule has 2 N–H and O–H groups in total. The summed E-state index contributed by atoms with van der Waals surface area (Å²) in [4.78, 5) is 0. The minimum atomic E-state index is -3.22. The molecule has 1 aliphatic rings. The zero-order valence-electron chi connectivity index (χ0n) is 10.7. The van der Waals surface area contributed by atoms with Gasteiger partial charge < -0.3 is 10.5 Å². The summed E-state index contributed by atoms with van der Waals surface area (Å²) in [5.41, 5.74) is 6.87. The van der Waals surface area contributed by atoms with Crippen molar-refractivity contribution >= 4 is 9.84 Å². The van der Waals surface area contributed by atoms with Gasteiger partial charge in [-0.25, -0.2) is 8.42 Å². The Morgan fingerprint density at radius 1 is 1.39 bits per heavy atom. The van der Waals surface area contributed by atoms with Gasteiger partial charge in [-0.15, -0.1) is 0 Å². The van der Waals surface area contributed by atoms with Crippen LogP contribution in [0.1, 0.15) is 25.5 Å². The molecule has 1 aromatic rings. The van der Waals surface area contributed by atoms with Crippen LogP contribution in [-0.2, 0) is 9.84 Å². The van der Waals surface area contributed by atoms with Gasteiger partial charge in [0.15, 0.2) is 9.84 Å². The van der Waals surface area contributed by atoms with E-state index < -0.39 is 21.1 Å². The molecule has 0 radical (unpaired) electrons. The molecule has 0 saturated carbocycles. The van der Waals surface area contributed by atoms with E-state index in [4.69, 9.17) is 10.5 Å². The van der Waals surface area contributed by atoms with Crippen molar-refractivity contribution in [2.45, 2.75) is 25.1 Å². The lowest BCUT2D eigenvalue weighted by Crippen LogP contribution is -2.43. The largest absolute Gasteiger partial charge is 0.492 e. The van der Waals surface area contributed by atoms with Crippen LogP contribution in [0.5, 0.6) is 5.75 Å². The van der Waals surface area contributed by atoms with Crippen LogP contribution in [0, 0.1) is 5.92 Å². The summed E-state index contributed by atoms with van der Waals surface area (Å²) in [6, 6.07) is 6.85. The number of para-hydroxylation sites is 1. The summed E-state index contributed by atoms with van der Waals surface area (Å²) >= 11 is 0. The van der Waals surface area contributed by atoms with E-state index >= 15 is 0 Å². The molecule has 4 nitrogen and oxygen atoms in total. The Morgan fingerprint density at radius 3 is 2.72 bits per heavy atom. The van der Waals surface area contributed by atoms with E-state index in [1.807, 2.05) is 38.1 Å². The number of hydrogen-bond donors (Lipinski definition) is 1. The number of rotatable bonds is 3. The van der Waals surface area contributed by atoms with Gasteiger partial charge in [-0.2, -0.15) is 0 Å². The second-order valence-electron chi connectivity index (χ2n) is 5.14. The van der Waals surface area contributed by atoms with Crippen LogP contribution in [0.25, 0.3) is 0 Å². The number of nitrogens with two attached hydrogens (primary N) is 1. The molecule has 18 heavy (non-hydrogen) atoms. The molecule has 1 aromatic carbocycles. The van der Waals surface area contributed by atoms with E-state index in [0.29, 0.717) is 5.75 Å². The second kappa shape index (κ2) is 4.90. The van der Waals surface area contributed by atoms with Crippen molar-refractivity contribution in [3.63, 3.8) is 0 Å². The molecule has 0 aliphatic carbocycles. The SMILES string of the molecule is CC(C)CS(=O)(=O)C1COc2ccccc2C1N. The number of benzene rings is 1. The molecule has 2 rings (SSSR count). The summed E-state index contributed by atoms with van der Waals surface area (Å²) in [5.74, 6) is 0.942. The Morgan fingerprint density at radius 2 is 2.06 bits per heavy atom. The van der Waals surface area contributed by atoms with Gasteiger partial charge in [-0.1, -0.05) is 32.0 Å². The molecular formula is C13H19NO3S. The molecule has 2 unspecified atom stereocenters. The van der Waals surface area contributed by atoms with E-state index in [2.05, 4.69) is 0 Å². The van der Waals surface area contributed by atoms with Gasteiger partial charge in [0.1, 0.15) is 17.6 Å². The molecule has 0 bridgehead atoms. The Kier molecular flexibility index (Phi) is 3.64. The van der Waals surface area contributed by atoms with Crippen molar-refractivity contribution < 1.29 is 13.2 Å². The standard InChI is InChI=1S/C13H19NO3S/c1-9(2)8-18(15,16)12-7-17-11-6-4-3-5-10(11)13(12)14/h3-6,9,12-13H,7-8,14H2,1-2H3. The summed E-state index contributed by atoms with van der Waals surface area (Å²) in [5, 5.41) is -0.644. The maximum Gasteiger partial charge on any atom is 0.158 e. The molecule has 0 spiro atoms. The fourth-order valence-electron chi connectivity index (χ4n) is 2.28. The van der Waals surface area contributed by atoms with E-state index in [1.54, 1.807) is 0 Å². The highest BCUT2D eigenvalue weighted by molar-refractivity contribution is 7.92. The van der Waals surface area contributed by atoms with Crippen molar-refractivity contribution in [2.24, 2.45) is 11.7 Å². The molecular weight excluding hydrogens is 250 g/mol. The zero-order valence-corrected chi connectivity index (χ0v) is 11.5. The van der Waals surface area contributed by atoms with Crippen molar-refractivity contribution in [1.29, 1.82) is 0 Å².